The van der Waals surface area contributed by atoms with Crippen molar-refractivity contribution in [3.8, 4) is 0 Å². The van der Waals surface area contributed by atoms with Crippen LogP contribution in [0.2, 0.25) is 0 Å². The summed E-state index contributed by atoms with van der Waals surface area (Å²) in [5, 5.41) is 0.670. The molecule has 1 unspecified atom stereocenters. The smallest absolute Gasteiger partial charge is 0.0281 e. The van der Waals surface area contributed by atoms with Gasteiger partial charge in [0.05, 0.1) is 0 Å². The van der Waals surface area contributed by atoms with Gasteiger partial charge in [0.25, 0.3) is 0 Å². The van der Waals surface area contributed by atoms with E-state index in [0.29, 0.717) is 5.25 Å². The van der Waals surface area contributed by atoms with E-state index in [-0.39, 0.29) is 0 Å². The Morgan fingerprint density at radius 3 is 2.50 bits per heavy atom. The molecule has 0 saturated carbocycles. The minimum atomic E-state index is 0.670. The van der Waals surface area contributed by atoms with Gasteiger partial charge in [0, 0.05) is 10.2 Å². The third-order valence-electron chi connectivity index (χ3n) is 3.63. The molecule has 1 aliphatic carbocycles. The van der Waals surface area contributed by atoms with Crippen molar-refractivity contribution >= 4 is 17.3 Å². The zero-order valence-electron chi connectivity index (χ0n) is 10.9. The Hall–Kier alpha value is -1.21. The fraction of sp³-hybridized carbons (Fsp3) is 0.294. The van der Waals surface area contributed by atoms with Crippen molar-refractivity contribution < 1.29 is 0 Å². The maximum atomic E-state index is 2.46. The van der Waals surface area contributed by atoms with Gasteiger partial charge in [-0.1, -0.05) is 50.3 Å². The van der Waals surface area contributed by atoms with E-state index in [4.69, 9.17) is 0 Å². The van der Waals surface area contributed by atoms with Crippen molar-refractivity contribution in [2.75, 3.05) is 0 Å². The van der Waals surface area contributed by atoms with Crippen LogP contribution in [0.3, 0.4) is 0 Å². The van der Waals surface area contributed by atoms with E-state index in [2.05, 4.69) is 56.3 Å². The molecule has 0 bridgehead atoms. The molecule has 2 aliphatic rings. The number of hydrogen-bond donors (Lipinski definition) is 0. The third-order valence-corrected chi connectivity index (χ3v) is 5.12. The Morgan fingerprint density at radius 1 is 1.06 bits per heavy atom. The van der Waals surface area contributed by atoms with Crippen LogP contribution in [-0.2, 0) is 0 Å². The number of allylic oxidation sites excluding steroid dienone is 4. The van der Waals surface area contributed by atoms with Crippen LogP contribution in [0.25, 0.3) is 5.57 Å². The van der Waals surface area contributed by atoms with Crippen LogP contribution in [0.4, 0.5) is 0 Å². The zero-order chi connectivity index (χ0) is 12.5. The first-order valence-corrected chi connectivity index (χ1v) is 7.61. The highest BCUT2D eigenvalue weighted by Crippen LogP contribution is 2.50. The highest BCUT2D eigenvalue weighted by atomic mass is 32.2. The molecular weight excluding hydrogens is 236 g/mol. The molecule has 0 radical (unpaired) electrons. The Labute approximate surface area is 113 Å². The Kier molecular flexibility index (Phi) is 3.17. The Morgan fingerprint density at radius 2 is 1.83 bits per heavy atom. The molecule has 0 nitrogen and oxygen atoms in total. The van der Waals surface area contributed by atoms with E-state index in [1.165, 1.54) is 33.6 Å². The fourth-order valence-corrected chi connectivity index (χ4v) is 3.94. The van der Waals surface area contributed by atoms with Crippen molar-refractivity contribution in [1.29, 1.82) is 0 Å². The summed E-state index contributed by atoms with van der Waals surface area (Å²) < 4.78 is 0. The van der Waals surface area contributed by atoms with Gasteiger partial charge in [0.1, 0.15) is 0 Å². The topological polar surface area (TPSA) is 0 Å². The molecule has 18 heavy (non-hydrogen) atoms. The second-order valence-electron chi connectivity index (χ2n) is 4.78. The largest absolute Gasteiger partial charge is 0.118 e. The monoisotopic (exact) mass is 254 g/mol. The van der Waals surface area contributed by atoms with Crippen LogP contribution in [-0.4, -0.2) is 5.25 Å². The lowest BCUT2D eigenvalue weighted by Gasteiger charge is -2.04. The average molecular weight is 254 g/mol. The maximum absolute atomic E-state index is 2.46. The van der Waals surface area contributed by atoms with Crippen molar-refractivity contribution in [2.24, 2.45) is 0 Å². The quantitative estimate of drug-likeness (QED) is 0.714. The lowest BCUT2D eigenvalue weighted by molar-refractivity contribution is 0.984. The van der Waals surface area contributed by atoms with E-state index in [1.54, 1.807) is 0 Å². The first kappa shape index (κ1) is 11.9. The van der Waals surface area contributed by atoms with Gasteiger partial charge in [-0.05, 0) is 41.2 Å². The van der Waals surface area contributed by atoms with Crippen LogP contribution in [0.5, 0.6) is 0 Å². The number of thioether (sulfide) groups is 1. The van der Waals surface area contributed by atoms with E-state index in [0.717, 1.165) is 6.42 Å². The molecule has 0 N–H and O–H groups in total. The summed E-state index contributed by atoms with van der Waals surface area (Å²) >= 11 is 2.05. The summed E-state index contributed by atoms with van der Waals surface area (Å²) in [4.78, 5) is 1.53. The average Bonchev–Trinajstić information content (AvgIpc) is 2.97. The number of rotatable bonds is 3. The molecule has 1 aliphatic heterocycles. The van der Waals surface area contributed by atoms with Crippen molar-refractivity contribution in [3.05, 3.63) is 64.1 Å². The lowest BCUT2D eigenvalue weighted by Crippen LogP contribution is -1.90. The van der Waals surface area contributed by atoms with Crippen molar-refractivity contribution in [2.45, 2.75) is 31.9 Å². The van der Waals surface area contributed by atoms with Crippen LogP contribution >= 0.6 is 11.8 Å². The molecule has 0 spiro atoms. The molecule has 1 aromatic rings. The molecule has 3 rings (SSSR count). The van der Waals surface area contributed by atoms with Crippen molar-refractivity contribution in [3.63, 3.8) is 0 Å². The minimum Gasteiger partial charge on any atom is -0.118 e. The van der Waals surface area contributed by atoms with Gasteiger partial charge < -0.3 is 0 Å². The predicted octanol–water partition coefficient (Wildman–Crippen LogP) is 5.20. The third kappa shape index (κ3) is 1.87. The molecule has 1 heteroatoms. The SMILES string of the molecule is CCC1=C2SC(CC)C=C2C(c2ccccc2)=C1. The Bertz CT molecular complexity index is 546. The molecule has 0 aromatic heterocycles. The molecule has 1 aromatic carbocycles. The summed E-state index contributed by atoms with van der Waals surface area (Å²) in [6.07, 6.45) is 7.19. The first-order valence-electron chi connectivity index (χ1n) is 6.73. The molecule has 1 heterocycles. The second kappa shape index (κ2) is 4.81. The van der Waals surface area contributed by atoms with Crippen LogP contribution in [0, 0.1) is 0 Å². The normalized spacial score (nSPS) is 22.0. The van der Waals surface area contributed by atoms with Gasteiger partial charge in [0.15, 0.2) is 0 Å². The van der Waals surface area contributed by atoms with Crippen LogP contribution < -0.4 is 0 Å². The second-order valence-corrected chi connectivity index (χ2v) is 6.03. The lowest BCUT2D eigenvalue weighted by atomic mass is 10.00. The van der Waals surface area contributed by atoms with Crippen molar-refractivity contribution in [1.82, 2.24) is 0 Å². The summed E-state index contributed by atoms with van der Waals surface area (Å²) in [6, 6.07) is 10.8. The molecule has 0 amide bonds. The number of fused-ring (bicyclic) bond motifs is 1. The van der Waals surface area contributed by atoms with E-state index in [9.17, 15) is 0 Å². The predicted molar refractivity (Wildman–Crippen MR) is 81.5 cm³/mol. The van der Waals surface area contributed by atoms with Crippen LogP contribution in [0.1, 0.15) is 32.3 Å². The summed E-state index contributed by atoms with van der Waals surface area (Å²) in [6.45, 7) is 4.53. The van der Waals surface area contributed by atoms with E-state index < -0.39 is 0 Å². The van der Waals surface area contributed by atoms with Gasteiger partial charge in [0.2, 0.25) is 0 Å². The van der Waals surface area contributed by atoms with E-state index >= 15 is 0 Å². The molecule has 1 atom stereocenters. The first-order chi connectivity index (χ1) is 8.83. The highest BCUT2D eigenvalue weighted by molar-refractivity contribution is 8.04. The van der Waals surface area contributed by atoms with E-state index in [1.807, 2.05) is 11.8 Å². The fourth-order valence-electron chi connectivity index (χ4n) is 2.61. The number of benzene rings is 1. The summed E-state index contributed by atoms with van der Waals surface area (Å²) in [7, 11) is 0. The minimum absolute atomic E-state index is 0.670. The molecule has 92 valence electrons. The Balaban J connectivity index is 2.04. The number of hydrogen-bond acceptors (Lipinski definition) is 1. The molecular formula is C17H18S. The zero-order valence-corrected chi connectivity index (χ0v) is 11.8. The van der Waals surface area contributed by atoms with Crippen LogP contribution in [0.15, 0.2) is 58.5 Å². The van der Waals surface area contributed by atoms with Gasteiger partial charge >= 0.3 is 0 Å². The summed E-state index contributed by atoms with van der Waals surface area (Å²) in [5.74, 6) is 0. The summed E-state index contributed by atoms with van der Waals surface area (Å²) in [5.41, 5.74) is 5.77. The molecule has 0 saturated heterocycles. The van der Waals surface area contributed by atoms with Gasteiger partial charge in [-0.25, -0.2) is 0 Å². The highest BCUT2D eigenvalue weighted by Gasteiger charge is 2.29. The van der Waals surface area contributed by atoms with Gasteiger partial charge in [-0.3, -0.25) is 0 Å². The standard InChI is InChI=1S/C17H18S/c1-3-12-10-15(13-8-6-5-7-9-13)16-11-14(4-2)18-17(12)16/h5-11,14H,3-4H2,1-2H3. The van der Waals surface area contributed by atoms with Gasteiger partial charge in [-0.2, -0.15) is 0 Å². The molecule has 0 fully saturated rings. The maximum Gasteiger partial charge on any atom is 0.0281 e. The van der Waals surface area contributed by atoms with Gasteiger partial charge in [-0.15, -0.1) is 11.8 Å².